The molecule has 1 saturated carbocycles. The van der Waals surface area contributed by atoms with Gasteiger partial charge in [0.25, 0.3) is 0 Å². The largest absolute Gasteiger partial charge is 0.433 e. The number of alkyl halides is 3. The van der Waals surface area contributed by atoms with Crippen LogP contribution in [-0.4, -0.2) is 33.7 Å². The molecular formula is C17H21F3N4O2. The second-order valence-electron chi connectivity index (χ2n) is 6.56. The molecule has 142 valence electrons. The molecule has 0 aromatic carbocycles. The third-order valence-electron chi connectivity index (χ3n) is 4.70. The number of aromatic nitrogens is 3. The second kappa shape index (κ2) is 7.22. The fourth-order valence-electron chi connectivity index (χ4n) is 2.85. The summed E-state index contributed by atoms with van der Waals surface area (Å²) in [6.07, 6.45) is -1.15. The quantitative estimate of drug-likeness (QED) is 0.837. The number of amides is 1. The first-order chi connectivity index (χ1) is 12.3. The first kappa shape index (κ1) is 18.6. The molecule has 0 radical (unpaired) electrons. The molecule has 0 spiro atoms. The standard InChI is InChI=1S/C17H21F3N4O2/c1-10(26-2)6-9-14(25)23-16-21-12-7-8-13(17(18,19)20)22-15(12)24(16)11-4-3-5-11/h7-8,10-11H,3-6,9H2,1-2H3,(H,21,23,25). The summed E-state index contributed by atoms with van der Waals surface area (Å²) in [5.41, 5.74) is -0.465. The van der Waals surface area contributed by atoms with Gasteiger partial charge in [-0.25, -0.2) is 9.97 Å². The van der Waals surface area contributed by atoms with Gasteiger partial charge in [-0.3, -0.25) is 14.7 Å². The minimum Gasteiger partial charge on any atom is -0.382 e. The molecule has 0 aliphatic heterocycles. The molecule has 1 fully saturated rings. The summed E-state index contributed by atoms with van der Waals surface area (Å²) in [6.45, 7) is 1.86. The van der Waals surface area contributed by atoms with Crippen molar-refractivity contribution in [2.75, 3.05) is 12.4 Å². The number of fused-ring (bicyclic) bond motifs is 1. The molecule has 1 unspecified atom stereocenters. The highest BCUT2D eigenvalue weighted by molar-refractivity contribution is 5.91. The van der Waals surface area contributed by atoms with Crippen LogP contribution in [0.25, 0.3) is 11.2 Å². The maximum absolute atomic E-state index is 13.0. The van der Waals surface area contributed by atoms with Gasteiger partial charge in [-0.05, 0) is 44.7 Å². The molecule has 2 aromatic heterocycles. The summed E-state index contributed by atoms with van der Waals surface area (Å²) in [6, 6.07) is 2.21. The number of rotatable bonds is 6. The van der Waals surface area contributed by atoms with Crippen LogP contribution in [0.4, 0.5) is 19.1 Å². The zero-order valence-electron chi connectivity index (χ0n) is 14.6. The lowest BCUT2D eigenvalue weighted by atomic mass is 9.93. The lowest BCUT2D eigenvalue weighted by molar-refractivity contribution is -0.141. The van der Waals surface area contributed by atoms with Crippen LogP contribution in [0.5, 0.6) is 0 Å². The van der Waals surface area contributed by atoms with Crippen LogP contribution in [0.2, 0.25) is 0 Å². The molecule has 1 amide bonds. The number of nitrogens with zero attached hydrogens (tertiary/aromatic N) is 3. The smallest absolute Gasteiger partial charge is 0.382 e. The van der Waals surface area contributed by atoms with Gasteiger partial charge in [0.2, 0.25) is 11.9 Å². The SMILES string of the molecule is COC(C)CCC(=O)Nc1nc2ccc(C(F)(F)F)nc2n1C1CCC1. The Morgan fingerprint density at radius 3 is 2.69 bits per heavy atom. The van der Waals surface area contributed by atoms with Gasteiger partial charge in [0.05, 0.1) is 6.10 Å². The summed E-state index contributed by atoms with van der Waals surface area (Å²) in [5, 5.41) is 2.72. The molecule has 26 heavy (non-hydrogen) atoms. The van der Waals surface area contributed by atoms with Gasteiger partial charge in [0.1, 0.15) is 11.2 Å². The van der Waals surface area contributed by atoms with E-state index < -0.39 is 11.9 Å². The summed E-state index contributed by atoms with van der Waals surface area (Å²) >= 11 is 0. The van der Waals surface area contributed by atoms with Gasteiger partial charge in [0, 0.05) is 19.6 Å². The average molecular weight is 370 g/mol. The molecular weight excluding hydrogens is 349 g/mol. The van der Waals surface area contributed by atoms with Gasteiger partial charge < -0.3 is 4.74 Å². The van der Waals surface area contributed by atoms with Gasteiger partial charge in [-0.2, -0.15) is 13.2 Å². The first-order valence-electron chi connectivity index (χ1n) is 8.58. The van der Waals surface area contributed by atoms with E-state index in [9.17, 15) is 18.0 Å². The highest BCUT2D eigenvalue weighted by atomic mass is 19.4. The number of anilines is 1. The number of hydrogen-bond acceptors (Lipinski definition) is 4. The van der Waals surface area contributed by atoms with Crippen molar-refractivity contribution in [1.29, 1.82) is 0 Å². The number of ether oxygens (including phenoxy) is 1. The third kappa shape index (κ3) is 3.82. The number of methoxy groups -OCH3 is 1. The average Bonchev–Trinajstić information content (AvgIpc) is 2.87. The van der Waals surface area contributed by atoms with Crippen LogP contribution in [0.1, 0.15) is 50.8 Å². The monoisotopic (exact) mass is 370 g/mol. The Labute approximate surface area is 148 Å². The number of carbonyl (C=O) groups is 1. The molecule has 0 saturated heterocycles. The van der Waals surface area contributed by atoms with E-state index in [1.54, 1.807) is 11.7 Å². The Morgan fingerprint density at radius 2 is 2.12 bits per heavy atom. The lowest BCUT2D eigenvalue weighted by Gasteiger charge is -2.28. The number of carbonyl (C=O) groups excluding carboxylic acids is 1. The molecule has 3 rings (SSSR count). The molecule has 0 bridgehead atoms. The van der Waals surface area contributed by atoms with Crippen molar-refractivity contribution in [3.8, 4) is 0 Å². The Morgan fingerprint density at radius 1 is 1.38 bits per heavy atom. The van der Waals surface area contributed by atoms with Crippen LogP contribution in [0, 0.1) is 0 Å². The van der Waals surface area contributed by atoms with Crippen molar-refractivity contribution >= 4 is 23.0 Å². The number of halogens is 3. The van der Waals surface area contributed by atoms with Gasteiger partial charge >= 0.3 is 6.18 Å². The fraction of sp³-hybridized carbons (Fsp3) is 0.588. The summed E-state index contributed by atoms with van der Waals surface area (Å²) in [7, 11) is 1.57. The van der Waals surface area contributed by atoms with Crippen molar-refractivity contribution in [1.82, 2.24) is 14.5 Å². The predicted octanol–water partition coefficient (Wildman–Crippen LogP) is 3.93. The highest BCUT2D eigenvalue weighted by Crippen LogP contribution is 2.37. The Bertz CT molecular complexity index is 799. The predicted molar refractivity (Wildman–Crippen MR) is 89.8 cm³/mol. The molecule has 1 atom stereocenters. The van der Waals surface area contributed by atoms with Crippen LogP contribution in [0.3, 0.4) is 0 Å². The molecule has 9 heteroatoms. The molecule has 2 aromatic rings. The lowest BCUT2D eigenvalue weighted by Crippen LogP contribution is -2.23. The van der Waals surface area contributed by atoms with Crippen LogP contribution < -0.4 is 5.32 Å². The third-order valence-corrected chi connectivity index (χ3v) is 4.70. The zero-order valence-corrected chi connectivity index (χ0v) is 14.6. The Balaban J connectivity index is 1.90. The van der Waals surface area contributed by atoms with Gasteiger partial charge in [0.15, 0.2) is 5.65 Å². The number of nitrogens with one attached hydrogen (secondary N) is 1. The van der Waals surface area contributed by atoms with E-state index in [0.717, 1.165) is 25.3 Å². The zero-order chi connectivity index (χ0) is 18.9. The van der Waals surface area contributed by atoms with E-state index in [2.05, 4.69) is 15.3 Å². The second-order valence-corrected chi connectivity index (χ2v) is 6.56. The van der Waals surface area contributed by atoms with Crippen LogP contribution >= 0.6 is 0 Å². The first-order valence-corrected chi connectivity index (χ1v) is 8.58. The topological polar surface area (TPSA) is 69.0 Å². The van der Waals surface area contributed by atoms with E-state index in [1.807, 2.05) is 6.92 Å². The number of pyridine rings is 1. The van der Waals surface area contributed by atoms with E-state index in [4.69, 9.17) is 4.74 Å². The minimum atomic E-state index is -4.53. The van der Waals surface area contributed by atoms with Crippen molar-refractivity contribution in [2.45, 2.75) is 57.3 Å². The van der Waals surface area contributed by atoms with Crippen molar-refractivity contribution in [3.05, 3.63) is 17.8 Å². The van der Waals surface area contributed by atoms with E-state index in [-0.39, 0.29) is 36.1 Å². The Hall–Kier alpha value is -2.16. The van der Waals surface area contributed by atoms with Crippen molar-refractivity contribution in [3.63, 3.8) is 0 Å². The maximum Gasteiger partial charge on any atom is 0.433 e. The van der Waals surface area contributed by atoms with Crippen molar-refractivity contribution < 1.29 is 22.7 Å². The molecule has 2 heterocycles. The fourth-order valence-corrected chi connectivity index (χ4v) is 2.85. The summed E-state index contributed by atoms with van der Waals surface area (Å²) in [5.74, 6) is 0.00687. The molecule has 1 aliphatic carbocycles. The summed E-state index contributed by atoms with van der Waals surface area (Å²) in [4.78, 5) is 20.3. The normalized spacial score (nSPS) is 16.5. The van der Waals surface area contributed by atoms with E-state index in [1.165, 1.54) is 6.07 Å². The van der Waals surface area contributed by atoms with Crippen molar-refractivity contribution in [2.24, 2.45) is 0 Å². The molecule has 6 nitrogen and oxygen atoms in total. The number of hydrogen-bond donors (Lipinski definition) is 1. The molecule has 1 aliphatic rings. The Kier molecular flexibility index (Phi) is 5.17. The van der Waals surface area contributed by atoms with Gasteiger partial charge in [-0.15, -0.1) is 0 Å². The van der Waals surface area contributed by atoms with Crippen LogP contribution in [0.15, 0.2) is 12.1 Å². The highest BCUT2D eigenvalue weighted by Gasteiger charge is 2.34. The van der Waals surface area contributed by atoms with Gasteiger partial charge in [-0.1, -0.05) is 0 Å². The van der Waals surface area contributed by atoms with E-state index >= 15 is 0 Å². The summed E-state index contributed by atoms with van der Waals surface area (Å²) < 4.78 is 45.7. The maximum atomic E-state index is 13.0. The van der Waals surface area contributed by atoms with E-state index in [0.29, 0.717) is 11.9 Å². The molecule has 1 N–H and O–H groups in total. The van der Waals surface area contributed by atoms with Crippen LogP contribution in [-0.2, 0) is 15.7 Å². The minimum absolute atomic E-state index is 0.00387. The number of imidazole rings is 1.